The molecule has 3 aromatic carbocycles. The van der Waals surface area contributed by atoms with Crippen LogP contribution in [0.25, 0.3) is 21.9 Å². The lowest BCUT2D eigenvalue weighted by atomic mass is 9.89. The molecule has 24 heavy (non-hydrogen) atoms. The van der Waals surface area contributed by atoms with Gasteiger partial charge in [0.05, 0.1) is 0 Å². The summed E-state index contributed by atoms with van der Waals surface area (Å²) in [5.41, 5.74) is 4.35. The zero-order valence-corrected chi connectivity index (χ0v) is 13.7. The van der Waals surface area contributed by atoms with Crippen LogP contribution in [-0.4, -0.2) is 10.2 Å². The van der Waals surface area contributed by atoms with Gasteiger partial charge in [0.1, 0.15) is 23.9 Å². The topological polar surface area (TPSA) is 49.7 Å². The van der Waals surface area contributed by atoms with Gasteiger partial charge < -0.3 is 14.9 Å². The summed E-state index contributed by atoms with van der Waals surface area (Å²) in [6.45, 7) is 2.63. The number of hydrogen-bond acceptors (Lipinski definition) is 3. The number of ether oxygens (including phenoxy) is 1. The molecule has 3 aromatic rings. The van der Waals surface area contributed by atoms with E-state index in [9.17, 15) is 10.2 Å². The molecule has 0 amide bonds. The van der Waals surface area contributed by atoms with E-state index in [-0.39, 0.29) is 11.5 Å². The van der Waals surface area contributed by atoms with Crippen molar-refractivity contribution in [1.29, 1.82) is 0 Å². The van der Waals surface area contributed by atoms with Gasteiger partial charge in [-0.2, -0.15) is 0 Å². The number of phenols is 2. The van der Waals surface area contributed by atoms with Gasteiger partial charge in [-0.15, -0.1) is 0 Å². The predicted octanol–water partition coefficient (Wildman–Crippen LogP) is 5.15. The van der Waals surface area contributed by atoms with Crippen molar-refractivity contribution >= 4 is 10.8 Å². The van der Waals surface area contributed by atoms with Crippen LogP contribution in [0.4, 0.5) is 0 Å². The summed E-state index contributed by atoms with van der Waals surface area (Å²) in [4.78, 5) is 0. The molecule has 0 saturated carbocycles. The summed E-state index contributed by atoms with van der Waals surface area (Å²) in [7, 11) is 0. The number of aryl methyl sites for hydroxylation is 1. The van der Waals surface area contributed by atoms with Crippen LogP contribution in [0.15, 0.2) is 42.5 Å². The second kappa shape index (κ2) is 5.75. The van der Waals surface area contributed by atoms with Crippen molar-refractivity contribution in [3.63, 3.8) is 0 Å². The summed E-state index contributed by atoms with van der Waals surface area (Å²) in [5, 5.41) is 21.8. The third-order valence-electron chi connectivity index (χ3n) is 4.71. The van der Waals surface area contributed by atoms with E-state index < -0.39 is 0 Å². The molecule has 4 rings (SSSR count). The van der Waals surface area contributed by atoms with Crippen LogP contribution in [0.2, 0.25) is 0 Å². The monoisotopic (exact) mass is 320 g/mol. The van der Waals surface area contributed by atoms with Gasteiger partial charge in [-0.25, -0.2) is 0 Å². The van der Waals surface area contributed by atoms with Crippen molar-refractivity contribution in [3.8, 4) is 28.4 Å². The van der Waals surface area contributed by atoms with Crippen molar-refractivity contribution in [1.82, 2.24) is 0 Å². The quantitative estimate of drug-likeness (QED) is 0.701. The van der Waals surface area contributed by atoms with Gasteiger partial charge in [-0.05, 0) is 59.5 Å². The molecular weight excluding hydrogens is 300 g/mol. The van der Waals surface area contributed by atoms with E-state index in [0.717, 1.165) is 52.5 Å². The van der Waals surface area contributed by atoms with E-state index in [4.69, 9.17) is 4.74 Å². The standard InChI is InChI=1S/C21H20O3/c1-2-3-4-18-19-11-16(23)6-5-13(19)10-20-17-8-7-15(22)9-14(17)12-24-21(18)20/h5-11,22-23H,2-4,12H2,1H3. The normalized spacial score (nSPS) is 12.5. The molecule has 0 atom stereocenters. The summed E-state index contributed by atoms with van der Waals surface area (Å²) in [6, 6.07) is 13.1. The number of unbranched alkanes of at least 4 members (excludes halogenated alkanes) is 1. The summed E-state index contributed by atoms with van der Waals surface area (Å²) in [5.74, 6) is 1.46. The van der Waals surface area contributed by atoms with Crippen LogP contribution in [0.5, 0.6) is 17.2 Å². The minimum absolute atomic E-state index is 0.262. The molecule has 3 heteroatoms. The number of hydrogen-bond donors (Lipinski definition) is 2. The molecule has 0 spiro atoms. The van der Waals surface area contributed by atoms with Gasteiger partial charge in [-0.1, -0.05) is 25.5 Å². The summed E-state index contributed by atoms with van der Waals surface area (Å²) >= 11 is 0. The fraction of sp³-hybridized carbons (Fsp3) is 0.238. The van der Waals surface area contributed by atoms with Gasteiger partial charge >= 0.3 is 0 Å². The molecule has 0 fully saturated rings. The molecule has 1 aliphatic rings. The first-order valence-corrected chi connectivity index (χ1v) is 8.41. The molecule has 0 bridgehead atoms. The van der Waals surface area contributed by atoms with E-state index in [2.05, 4.69) is 13.0 Å². The third kappa shape index (κ3) is 2.37. The number of aromatic hydroxyl groups is 2. The van der Waals surface area contributed by atoms with Crippen molar-refractivity contribution in [3.05, 3.63) is 53.6 Å². The Hall–Kier alpha value is -2.68. The van der Waals surface area contributed by atoms with E-state index in [0.29, 0.717) is 6.61 Å². The van der Waals surface area contributed by atoms with Crippen molar-refractivity contribution in [2.24, 2.45) is 0 Å². The second-order valence-electron chi connectivity index (χ2n) is 6.37. The molecule has 0 aromatic heterocycles. The molecule has 122 valence electrons. The second-order valence-corrected chi connectivity index (χ2v) is 6.37. The highest BCUT2D eigenvalue weighted by Gasteiger charge is 2.22. The minimum Gasteiger partial charge on any atom is -0.508 e. The average Bonchev–Trinajstić information content (AvgIpc) is 2.58. The molecule has 0 aliphatic carbocycles. The Balaban J connectivity index is 2.00. The zero-order chi connectivity index (χ0) is 16.7. The highest BCUT2D eigenvalue weighted by atomic mass is 16.5. The van der Waals surface area contributed by atoms with Crippen LogP contribution in [0.3, 0.4) is 0 Å². The first-order valence-electron chi connectivity index (χ1n) is 8.41. The first-order chi connectivity index (χ1) is 11.7. The van der Waals surface area contributed by atoms with Gasteiger partial charge in [0.2, 0.25) is 0 Å². The zero-order valence-electron chi connectivity index (χ0n) is 13.7. The van der Waals surface area contributed by atoms with Crippen molar-refractivity contribution in [2.45, 2.75) is 32.8 Å². The molecule has 0 radical (unpaired) electrons. The highest BCUT2D eigenvalue weighted by molar-refractivity contribution is 5.96. The molecule has 1 aliphatic heterocycles. The van der Waals surface area contributed by atoms with Crippen molar-refractivity contribution in [2.75, 3.05) is 0 Å². The van der Waals surface area contributed by atoms with Crippen LogP contribution >= 0.6 is 0 Å². The van der Waals surface area contributed by atoms with E-state index in [1.807, 2.05) is 18.2 Å². The van der Waals surface area contributed by atoms with Crippen LogP contribution in [0.1, 0.15) is 30.9 Å². The molecular formula is C21H20O3. The Kier molecular flexibility index (Phi) is 3.57. The number of fused-ring (bicyclic) bond motifs is 4. The largest absolute Gasteiger partial charge is 0.508 e. The predicted molar refractivity (Wildman–Crippen MR) is 95.7 cm³/mol. The number of benzene rings is 3. The Labute approximate surface area is 141 Å². The Morgan fingerprint density at radius 2 is 1.75 bits per heavy atom. The lowest BCUT2D eigenvalue weighted by molar-refractivity contribution is 0.298. The van der Waals surface area contributed by atoms with E-state index in [1.54, 1.807) is 18.2 Å². The summed E-state index contributed by atoms with van der Waals surface area (Å²) in [6.07, 6.45) is 3.11. The Morgan fingerprint density at radius 3 is 2.58 bits per heavy atom. The Morgan fingerprint density at radius 1 is 0.958 bits per heavy atom. The Bertz CT molecular complexity index is 928. The van der Waals surface area contributed by atoms with Gasteiger partial charge in [0.15, 0.2) is 0 Å². The van der Waals surface area contributed by atoms with Crippen molar-refractivity contribution < 1.29 is 14.9 Å². The molecule has 1 heterocycles. The fourth-order valence-corrected chi connectivity index (χ4v) is 3.52. The van der Waals surface area contributed by atoms with Crippen LogP contribution < -0.4 is 4.74 Å². The number of phenolic OH excluding ortho intramolecular Hbond substituents is 2. The van der Waals surface area contributed by atoms with E-state index in [1.165, 1.54) is 5.56 Å². The lowest BCUT2D eigenvalue weighted by Crippen LogP contribution is -2.08. The SMILES string of the molecule is CCCCc1c2c(cc3ccc(O)cc13)-c1ccc(O)cc1CO2. The smallest absolute Gasteiger partial charge is 0.131 e. The summed E-state index contributed by atoms with van der Waals surface area (Å²) < 4.78 is 6.09. The highest BCUT2D eigenvalue weighted by Crippen LogP contribution is 2.45. The fourth-order valence-electron chi connectivity index (χ4n) is 3.52. The molecule has 3 nitrogen and oxygen atoms in total. The lowest BCUT2D eigenvalue weighted by Gasteiger charge is -2.25. The van der Waals surface area contributed by atoms with Gasteiger partial charge in [-0.3, -0.25) is 0 Å². The van der Waals surface area contributed by atoms with Gasteiger partial charge in [0.25, 0.3) is 0 Å². The average molecular weight is 320 g/mol. The maximum absolute atomic E-state index is 9.90. The minimum atomic E-state index is 0.262. The van der Waals surface area contributed by atoms with Crippen LogP contribution in [-0.2, 0) is 13.0 Å². The third-order valence-corrected chi connectivity index (χ3v) is 4.71. The van der Waals surface area contributed by atoms with Crippen LogP contribution in [0, 0.1) is 0 Å². The maximum atomic E-state index is 9.90. The molecule has 2 N–H and O–H groups in total. The number of rotatable bonds is 3. The van der Waals surface area contributed by atoms with E-state index >= 15 is 0 Å². The molecule has 0 unspecified atom stereocenters. The van der Waals surface area contributed by atoms with Gasteiger partial charge in [0, 0.05) is 16.7 Å². The first kappa shape index (κ1) is 14.9. The maximum Gasteiger partial charge on any atom is 0.131 e. The molecule has 0 saturated heterocycles.